The Balaban J connectivity index is 2.28. The zero-order valence-electron chi connectivity index (χ0n) is 7.87. The maximum Gasteiger partial charge on any atom is 0.146 e. The minimum atomic E-state index is 0.484. The predicted molar refractivity (Wildman–Crippen MR) is 62.4 cm³/mol. The maximum absolute atomic E-state index is 5.62. The zero-order valence-corrected chi connectivity index (χ0v) is 9.45. The van der Waals surface area contributed by atoms with Crippen LogP contribution in [0.5, 0.6) is 0 Å². The number of fused-ring (bicyclic) bond motifs is 3. The molecule has 0 fully saturated rings. The normalized spacial score (nSPS) is 12.3. The van der Waals surface area contributed by atoms with E-state index in [4.69, 9.17) is 5.73 Å². The number of nitrogens with two attached hydrogens (primary N) is 1. The van der Waals surface area contributed by atoms with Crippen molar-refractivity contribution < 1.29 is 0 Å². The van der Waals surface area contributed by atoms with Crippen LogP contribution in [0.25, 0.3) is 11.3 Å². The van der Waals surface area contributed by atoms with Crippen molar-refractivity contribution in [1.82, 2.24) is 10.2 Å². The van der Waals surface area contributed by atoms with Crippen molar-refractivity contribution in [2.75, 3.05) is 5.73 Å². The van der Waals surface area contributed by atoms with Crippen LogP contribution in [0.4, 0.5) is 5.82 Å². The number of rotatable bonds is 0. The van der Waals surface area contributed by atoms with Gasteiger partial charge >= 0.3 is 0 Å². The first-order valence-electron chi connectivity index (χ1n) is 4.65. The number of anilines is 1. The highest BCUT2D eigenvalue weighted by molar-refractivity contribution is 9.10. The smallest absolute Gasteiger partial charge is 0.146 e. The summed E-state index contributed by atoms with van der Waals surface area (Å²) in [5.41, 5.74) is 10.2. The van der Waals surface area contributed by atoms with Crippen LogP contribution >= 0.6 is 15.9 Å². The standard InChI is InChI=1S/C11H8BrN3/c12-9-3-1-2-7-8(9)4-6-5-10(13)14-15-11(6)7/h1-3,5H,4H2,(H2,13,14). The van der Waals surface area contributed by atoms with E-state index in [-0.39, 0.29) is 0 Å². The highest BCUT2D eigenvalue weighted by atomic mass is 79.9. The van der Waals surface area contributed by atoms with Gasteiger partial charge in [-0.25, -0.2) is 0 Å². The summed E-state index contributed by atoms with van der Waals surface area (Å²) in [7, 11) is 0. The molecular formula is C11H8BrN3. The van der Waals surface area contributed by atoms with Gasteiger partial charge in [-0.2, -0.15) is 0 Å². The van der Waals surface area contributed by atoms with E-state index in [2.05, 4.69) is 32.2 Å². The quantitative estimate of drug-likeness (QED) is 0.676. The number of nitrogens with zero attached hydrogens (tertiary/aromatic N) is 2. The molecule has 0 amide bonds. The molecule has 0 aliphatic heterocycles. The van der Waals surface area contributed by atoms with E-state index < -0.39 is 0 Å². The van der Waals surface area contributed by atoms with E-state index in [1.165, 1.54) is 5.56 Å². The first-order valence-corrected chi connectivity index (χ1v) is 5.45. The molecule has 3 nitrogen and oxygen atoms in total. The summed E-state index contributed by atoms with van der Waals surface area (Å²) in [5.74, 6) is 0.484. The molecule has 0 saturated heterocycles. The molecule has 2 N–H and O–H groups in total. The Kier molecular flexibility index (Phi) is 1.79. The molecule has 15 heavy (non-hydrogen) atoms. The molecule has 4 heteroatoms. The van der Waals surface area contributed by atoms with Crippen LogP contribution in [0.2, 0.25) is 0 Å². The van der Waals surface area contributed by atoms with Crippen molar-refractivity contribution in [2.45, 2.75) is 6.42 Å². The van der Waals surface area contributed by atoms with Crippen LogP contribution in [0.15, 0.2) is 28.7 Å². The molecule has 1 aliphatic rings. The molecule has 74 valence electrons. The lowest BCUT2D eigenvalue weighted by Crippen LogP contribution is -1.95. The van der Waals surface area contributed by atoms with Crippen LogP contribution < -0.4 is 5.73 Å². The van der Waals surface area contributed by atoms with Crippen molar-refractivity contribution in [2.24, 2.45) is 0 Å². The topological polar surface area (TPSA) is 51.8 Å². The second kappa shape index (κ2) is 3.03. The summed E-state index contributed by atoms with van der Waals surface area (Å²) in [6.07, 6.45) is 0.881. The van der Waals surface area contributed by atoms with E-state index in [1.807, 2.05) is 18.2 Å². The molecule has 2 aromatic rings. The van der Waals surface area contributed by atoms with Gasteiger partial charge in [-0.3, -0.25) is 0 Å². The second-order valence-corrected chi connectivity index (χ2v) is 4.44. The first-order chi connectivity index (χ1) is 7.25. The highest BCUT2D eigenvalue weighted by Gasteiger charge is 2.22. The molecule has 1 heterocycles. The fourth-order valence-electron chi connectivity index (χ4n) is 1.96. The van der Waals surface area contributed by atoms with E-state index in [0.717, 1.165) is 27.7 Å². The van der Waals surface area contributed by atoms with Crippen LogP contribution in [0.1, 0.15) is 11.1 Å². The lowest BCUT2D eigenvalue weighted by Gasteiger charge is -2.00. The molecule has 0 bridgehead atoms. The van der Waals surface area contributed by atoms with Gasteiger partial charge in [0.15, 0.2) is 0 Å². The van der Waals surface area contributed by atoms with Gasteiger partial charge in [-0.1, -0.05) is 28.1 Å². The Morgan fingerprint density at radius 3 is 3.00 bits per heavy atom. The molecule has 0 unspecified atom stereocenters. The molecule has 3 rings (SSSR count). The average Bonchev–Trinajstić information content (AvgIpc) is 2.57. The average molecular weight is 262 g/mol. The molecule has 0 atom stereocenters. The molecule has 0 saturated carbocycles. The predicted octanol–water partition coefficient (Wildman–Crippen LogP) is 2.39. The van der Waals surface area contributed by atoms with Gasteiger partial charge in [0.05, 0.1) is 5.69 Å². The van der Waals surface area contributed by atoms with Gasteiger partial charge in [0.2, 0.25) is 0 Å². The van der Waals surface area contributed by atoms with Crippen molar-refractivity contribution in [1.29, 1.82) is 0 Å². The van der Waals surface area contributed by atoms with E-state index in [1.54, 1.807) is 0 Å². The third kappa shape index (κ3) is 1.25. The van der Waals surface area contributed by atoms with Crippen LogP contribution in [-0.4, -0.2) is 10.2 Å². The summed E-state index contributed by atoms with van der Waals surface area (Å²) in [6.45, 7) is 0. The minimum absolute atomic E-state index is 0.484. The summed E-state index contributed by atoms with van der Waals surface area (Å²) in [5, 5.41) is 8.04. The van der Waals surface area contributed by atoms with Crippen molar-refractivity contribution in [3.8, 4) is 11.3 Å². The van der Waals surface area contributed by atoms with Crippen LogP contribution in [0, 0.1) is 0 Å². The number of benzene rings is 1. The zero-order chi connectivity index (χ0) is 10.4. The largest absolute Gasteiger partial charge is 0.382 e. The fourth-order valence-corrected chi connectivity index (χ4v) is 2.47. The number of hydrogen-bond donors (Lipinski definition) is 1. The van der Waals surface area contributed by atoms with Crippen molar-refractivity contribution >= 4 is 21.7 Å². The second-order valence-electron chi connectivity index (χ2n) is 3.59. The third-order valence-electron chi connectivity index (χ3n) is 2.63. The lowest BCUT2D eigenvalue weighted by molar-refractivity contribution is 1.04. The van der Waals surface area contributed by atoms with E-state index in [9.17, 15) is 0 Å². The molecule has 1 aromatic carbocycles. The molecule has 0 radical (unpaired) electrons. The van der Waals surface area contributed by atoms with E-state index >= 15 is 0 Å². The van der Waals surface area contributed by atoms with Crippen LogP contribution in [-0.2, 0) is 6.42 Å². The Hall–Kier alpha value is -1.42. The van der Waals surface area contributed by atoms with Crippen LogP contribution in [0.3, 0.4) is 0 Å². The highest BCUT2D eigenvalue weighted by Crippen LogP contribution is 2.38. The van der Waals surface area contributed by atoms with Gasteiger partial charge in [0.1, 0.15) is 5.82 Å². The summed E-state index contributed by atoms with van der Waals surface area (Å²) in [6, 6.07) is 8.02. The number of hydrogen-bond acceptors (Lipinski definition) is 3. The SMILES string of the molecule is Nc1cc2c(nn1)-c1cccc(Br)c1C2. The fraction of sp³-hybridized carbons (Fsp3) is 0.0909. The molecular weight excluding hydrogens is 254 g/mol. The Bertz CT molecular complexity index is 552. The number of aromatic nitrogens is 2. The minimum Gasteiger partial charge on any atom is -0.382 e. The molecule has 0 spiro atoms. The monoisotopic (exact) mass is 261 g/mol. The van der Waals surface area contributed by atoms with Gasteiger partial charge in [0.25, 0.3) is 0 Å². The van der Waals surface area contributed by atoms with Gasteiger partial charge in [0, 0.05) is 16.5 Å². The van der Waals surface area contributed by atoms with Crippen molar-refractivity contribution in [3.05, 3.63) is 39.9 Å². The Morgan fingerprint density at radius 2 is 2.13 bits per heavy atom. The number of halogens is 1. The Labute approximate surface area is 95.5 Å². The maximum atomic E-state index is 5.62. The van der Waals surface area contributed by atoms with E-state index in [0.29, 0.717) is 5.82 Å². The summed E-state index contributed by atoms with van der Waals surface area (Å²) >= 11 is 3.55. The van der Waals surface area contributed by atoms with Gasteiger partial charge in [-0.05, 0) is 23.3 Å². The molecule has 1 aromatic heterocycles. The summed E-state index contributed by atoms with van der Waals surface area (Å²) in [4.78, 5) is 0. The lowest BCUT2D eigenvalue weighted by atomic mass is 10.1. The van der Waals surface area contributed by atoms with Gasteiger partial charge < -0.3 is 5.73 Å². The summed E-state index contributed by atoms with van der Waals surface area (Å²) < 4.78 is 1.12. The number of nitrogen functional groups attached to an aromatic ring is 1. The third-order valence-corrected chi connectivity index (χ3v) is 3.38. The first kappa shape index (κ1) is 8.85. The molecule has 1 aliphatic carbocycles. The van der Waals surface area contributed by atoms with Gasteiger partial charge in [-0.15, -0.1) is 10.2 Å². The Morgan fingerprint density at radius 1 is 1.27 bits per heavy atom. The van der Waals surface area contributed by atoms with Crippen molar-refractivity contribution in [3.63, 3.8) is 0 Å².